The first-order chi connectivity index (χ1) is 22.2. The van der Waals surface area contributed by atoms with E-state index in [9.17, 15) is 9.59 Å². The number of hydrogen-bond donors (Lipinski definition) is 2. The number of piperidine rings is 1. The average molecular weight is 668 g/mol. The number of piperazine rings is 1. The van der Waals surface area contributed by atoms with Gasteiger partial charge < -0.3 is 20.1 Å². The molecule has 0 spiro atoms. The Hall–Kier alpha value is -3.44. The number of halogens is 2. The topological polar surface area (TPSA) is 111 Å². The van der Waals surface area contributed by atoms with Crippen molar-refractivity contribution >= 4 is 40.9 Å². The van der Waals surface area contributed by atoms with Crippen molar-refractivity contribution in [3.63, 3.8) is 0 Å². The number of carbonyl (C=O) groups is 2. The van der Waals surface area contributed by atoms with Crippen LogP contribution in [0.1, 0.15) is 44.6 Å². The maximum absolute atomic E-state index is 11.3. The lowest BCUT2D eigenvalue weighted by Crippen LogP contribution is -2.54. The number of carboxylic acids is 1. The molecule has 3 fully saturated rings. The minimum Gasteiger partial charge on any atom is -0.481 e. The number of amides is 1. The van der Waals surface area contributed by atoms with Crippen LogP contribution < -0.4 is 15.0 Å². The molecular formula is C34H40Cl2N6O4. The highest BCUT2D eigenvalue weighted by atomic mass is 35.5. The van der Waals surface area contributed by atoms with Crippen LogP contribution in [0.3, 0.4) is 0 Å². The second-order valence-corrected chi connectivity index (χ2v) is 13.5. The number of carbonyl (C=O) groups excluding carboxylic acids is 1. The smallest absolute Gasteiger partial charge is 0.304 e. The predicted molar refractivity (Wildman–Crippen MR) is 179 cm³/mol. The molecule has 3 aromatic rings. The van der Waals surface area contributed by atoms with Gasteiger partial charge in [-0.15, -0.1) is 0 Å². The summed E-state index contributed by atoms with van der Waals surface area (Å²) in [5, 5.41) is 13.2. The van der Waals surface area contributed by atoms with Crippen molar-refractivity contribution in [2.45, 2.75) is 57.7 Å². The summed E-state index contributed by atoms with van der Waals surface area (Å²) in [6, 6.07) is 14.0. The molecule has 12 heteroatoms. The first-order valence-corrected chi connectivity index (χ1v) is 16.7. The number of nitrogens with one attached hydrogen (secondary N) is 1. The molecular weight excluding hydrogens is 627 g/mol. The van der Waals surface area contributed by atoms with Gasteiger partial charge >= 0.3 is 5.97 Å². The van der Waals surface area contributed by atoms with E-state index in [4.69, 9.17) is 43.0 Å². The van der Waals surface area contributed by atoms with Gasteiger partial charge in [0.2, 0.25) is 11.8 Å². The van der Waals surface area contributed by atoms with Crippen LogP contribution >= 0.6 is 23.2 Å². The van der Waals surface area contributed by atoms with E-state index in [1.807, 2.05) is 30.3 Å². The summed E-state index contributed by atoms with van der Waals surface area (Å²) in [6.07, 6.45) is 6.14. The molecule has 2 atom stereocenters. The molecule has 3 saturated heterocycles. The highest BCUT2D eigenvalue weighted by Gasteiger charge is 2.40. The Morgan fingerprint density at radius 1 is 1.00 bits per heavy atom. The van der Waals surface area contributed by atoms with Crippen molar-refractivity contribution < 1.29 is 19.4 Å². The second kappa shape index (κ2) is 14.5. The number of pyridine rings is 2. The van der Waals surface area contributed by atoms with Gasteiger partial charge in [-0.3, -0.25) is 19.4 Å². The number of benzene rings is 1. The van der Waals surface area contributed by atoms with Crippen LogP contribution in [-0.2, 0) is 16.1 Å². The number of ether oxygens (including phenoxy) is 1. The highest BCUT2D eigenvalue weighted by Crippen LogP contribution is 2.34. The average Bonchev–Trinajstić information content (AvgIpc) is 3.25. The molecule has 0 unspecified atom stereocenters. The summed E-state index contributed by atoms with van der Waals surface area (Å²) in [4.78, 5) is 39.1. The molecule has 2 N–H and O–H groups in total. The van der Waals surface area contributed by atoms with Crippen LogP contribution in [0.25, 0.3) is 11.3 Å². The van der Waals surface area contributed by atoms with Gasteiger partial charge in [0.15, 0.2) is 0 Å². The minimum absolute atomic E-state index is 0.0185. The van der Waals surface area contributed by atoms with Crippen LogP contribution in [0.2, 0.25) is 10.0 Å². The van der Waals surface area contributed by atoms with Gasteiger partial charge in [0.05, 0.1) is 18.3 Å². The first kappa shape index (κ1) is 32.5. The van der Waals surface area contributed by atoms with Gasteiger partial charge in [0, 0.05) is 73.4 Å². The Kier molecular flexibility index (Phi) is 10.3. The highest BCUT2D eigenvalue weighted by molar-refractivity contribution is 6.35. The van der Waals surface area contributed by atoms with Crippen molar-refractivity contribution in [2.24, 2.45) is 5.92 Å². The van der Waals surface area contributed by atoms with Crippen LogP contribution in [0.5, 0.6) is 11.6 Å². The summed E-state index contributed by atoms with van der Waals surface area (Å²) in [6.45, 7) is 7.20. The molecule has 244 valence electrons. The van der Waals surface area contributed by atoms with Gasteiger partial charge in [-0.05, 0) is 86.7 Å². The molecule has 3 aliphatic heterocycles. The third-order valence-corrected chi connectivity index (χ3v) is 9.69. The molecule has 3 aliphatic rings. The van der Waals surface area contributed by atoms with E-state index in [0.29, 0.717) is 46.2 Å². The quantitative estimate of drug-likeness (QED) is 0.265. The van der Waals surface area contributed by atoms with E-state index in [-0.39, 0.29) is 12.3 Å². The maximum atomic E-state index is 11.3. The van der Waals surface area contributed by atoms with Crippen molar-refractivity contribution in [3.8, 4) is 22.9 Å². The lowest BCUT2D eigenvalue weighted by molar-refractivity contribution is -0.137. The van der Waals surface area contributed by atoms with E-state index in [1.54, 1.807) is 19.2 Å². The molecule has 0 radical (unpaired) electrons. The number of aromatic nitrogens is 2. The molecule has 0 saturated carbocycles. The number of anilines is 1. The molecule has 0 aliphatic carbocycles. The normalized spacial score (nSPS) is 20.5. The Morgan fingerprint density at radius 3 is 2.35 bits per heavy atom. The summed E-state index contributed by atoms with van der Waals surface area (Å²) < 4.78 is 6.29. The molecule has 2 bridgehead atoms. The number of rotatable bonds is 11. The van der Waals surface area contributed by atoms with Crippen LogP contribution in [0.4, 0.5) is 5.82 Å². The predicted octanol–water partition coefficient (Wildman–Crippen LogP) is 5.72. The van der Waals surface area contributed by atoms with Gasteiger partial charge in [0.25, 0.3) is 0 Å². The van der Waals surface area contributed by atoms with Gasteiger partial charge in [-0.25, -0.2) is 9.97 Å². The third-order valence-electron chi connectivity index (χ3n) is 9.26. The fraction of sp³-hybridized carbons (Fsp3) is 0.471. The van der Waals surface area contributed by atoms with E-state index < -0.39 is 5.97 Å². The Labute approximate surface area is 279 Å². The number of carboxylic acid groups (broad SMARTS) is 1. The first-order valence-electron chi connectivity index (χ1n) is 16.0. The third kappa shape index (κ3) is 8.28. The molecule has 1 amide bonds. The molecule has 10 nitrogen and oxygen atoms in total. The largest absolute Gasteiger partial charge is 0.481 e. The van der Waals surface area contributed by atoms with Crippen molar-refractivity contribution in [1.29, 1.82) is 0 Å². The zero-order valence-electron chi connectivity index (χ0n) is 26.0. The molecule has 1 aromatic carbocycles. The zero-order valence-corrected chi connectivity index (χ0v) is 27.5. The number of hydrogen-bond acceptors (Lipinski definition) is 8. The van der Waals surface area contributed by atoms with Crippen LogP contribution in [-0.4, -0.2) is 88.1 Å². The summed E-state index contributed by atoms with van der Waals surface area (Å²) in [5.74, 6) is 1.70. The number of fused-ring (bicyclic) bond motifs is 2. The summed E-state index contributed by atoms with van der Waals surface area (Å²) >= 11 is 12.7. The Balaban J connectivity index is 1.15. The number of likely N-dealkylation sites (tertiary alicyclic amines) is 1. The number of aliphatic carboxylic acids is 1. The van der Waals surface area contributed by atoms with Crippen LogP contribution in [0, 0.1) is 5.92 Å². The van der Waals surface area contributed by atoms with E-state index in [1.165, 1.54) is 0 Å². The monoisotopic (exact) mass is 666 g/mol. The lowest BCUT2D eigenvalue weighted by Gasteiger charge is -2.41. The van der Waals surface area contributed by atoms with Gasteiger partial charge in [-0.2, -0.15) is 0 Å². The van der Waals surface area contributed by atoms with Crippen molar-refractivity contribution in [2.75, 3.05) is 44.2 Å². The molecule has 2 aromatic heterocycles. The van der Waals surface area contributed by atoms with Crippen molar-refractivity contribution in [1.82, 2.24) is 25.1 Å². The van der Waals surface area contributed by atoms with E-state index in [0.717, 1.165) is 87.6 Å². The fourth-order valence-corrected chi connectivity index (χ4v) is 7.48. The summed E-state index contributed by atoms with van der Waals surface area (Å²) in [7, 11) is 0. The van der Waals surface area contributed by atoms with Crippen molar-refractivity contribution in [3.05, 3.63) is 64.3 Å². The van der Waals surface area contributed by atoms with Gasteiger partial charge in [0.1, 0.15) is 11.6 Å². The van der Waals surface area contributed by atoms with Crippen LogP contribution in [0.15, 0.2) is 48.7 Å². The maximum Gasteiger partial charge on any atom is 0.304 e. The SMILES string of the molecule is CC(=O)NCC1CCN(Cc2cc(Oc3ccc(N4C[C@H]5CC[C@H](C4)N5CCC(=O)O)nc3)nc(-c3cc(Cl)cc(Cl)c3)c2)CC1. The minimum atomic E-state index is -0.748. The molecule has 46 heavy (non-hydrogen) atoms. The Morgan fingerprint density at radius 2 is 1.72 bits per heavy atom. The fourth-order valence-electron chi connectivity index (χ4n) is 6.96. The van der Waals surface area contributed by atoms with E-state index in [2.05, 4.69) is 26.1 Å². The van der Waals surface area contributed by atoms with Gasteiger partial charge in [-0.1, -0.05) is 23.2 Å². The Bertz CT molecular complexity index is 1510. The standard InChI is InChI=1S/C34H40Cl2N6O4/c1-22(43)37-17-23-6-9-40(10-7-23)19-24-12-31(25-14-26(35)16-27(36)15-25)39-33(13-24)46-30-4-5-32(38-18-30)41-20-28-2-3-29(21-41)42(28)11-8-34(44)45/h4-5,12-16,18,23,28-29H,2-3,6-11,17,19-21H2,1H3,(H,37,43)(H,44,45)/t28-,29-/m1/s1. The molecule has 6 rings (SSSR count). The molecule has 5 heterocycles. The zero-order chi connectivity index (χ0) is 32.2. The second-order valence-electron chi connectivity index (χ2n) is 12.6. The number of nitrogens with zero attached hydrogens (tertiary/aromatic N) is 5. The lowest BCUT2D eigenvalue weighted by atomic mass is 9.96. The summed E-state index contributed by atoms with van der Waals surface area (Å²) in [5.41, 5.74) is 2.60. The van der Waals surface area contributed by atoms with E-state index >= 15 is 0 Å².